The van der Waals surface area contributed by atoms with Crippen molar-refractivity contribution in [2.45, 2.75) is 31.7 Å². The lowest BCUT2D eigenvalue weighted by molar-refractivity contribution is -0.115. The normalized spacial score (nSPS) is 14.3. The predicted octanol–water partition coefficient (Wildman–Crippen LogP) is 5.25. The highest BCUT2D eigenvalue weighted by Crippen LogP contribution is 2.30. The van der Waals surface area contributed by atoms with Gasteiger partial charge >= 0.3 is 6.55 Å². The second-order valence-corrected chi connectivity index (χ2v) is 9.24. The molecule has 1 fully saturated rings. The molecule has 1 aliphatic rings. The second kappa shape index (κ2) is 11.0. The van der Waals surface area contributed by atoms with Gasteiger partial charge in [-0.15, -0.1) is 0 Å². The van der Waals surface area contributed by atoms with E-state index in [9.17, 15) is 18.4 Å². The van der Waals surface area contributed by atoms with Gasteiger partial charge < -0.3 is 15.0 Å². The number of piperidine rings is 1. The molecule has 7 nitrogen and oxygen atoms in total. The lowest BCUT2D eigenvalue weighted by atomic mass is 9.89. The first-order valence-electron chi connectivity index (χ1n) is 11.2. The van der Waals surface area contributed by atoms with E-state index in [2.05, 4.69) is 26.3 Å². The van der Waals surface area contributed by atoms with Crippen LogP contribution < -0.4 is 10.1 Å². The number of anilines is 1. The van der Waals surface area contributed by atoms with Gasteiger partial charge in [-0.2, -0.15) is 13.9 Å². The first-order valence-corrected chi connectivity index (χ1v) is 12.0. The average molecular weight is 547 g/mol. The van der Waals surface area contributed by atoms with Crippen LogP contribution in [0.15, 0.2) is 59.2 Å². The summed E-state index contributed by atoms with van der Waals surface area (Å²) in [5.41, 5.74) is 2.67. The summed E-state index contributed by atoms with van der Waals surface area (Å²) in [4.78, 5) is 26.7. The fourth-order valence-corrected chi connectivity index (χ4v) is 4.56. The van der Waals surface area contributed by atoms with Gasteiger partial charge in [-0.25, -0.2) is 4.68 Å². The number of benzene rings is 2. The lowest BCUT2D eigenvalue weighted by Crippen LogP contribution is -2.38. The van der Waals surface area contributed by atoms with Crippen LogP contribution >= 0.6 is 15.9 Å². The minimum absolute atomic E-state index is 0.0320. The minimum Gasteiger partial charge on any atom is -0.496 e. The van der Waals surface area contributed by atoms with Crippen molar-refractivity contribution in [3.05, 3.63) is 76.0 Å². The number of halogens is 3. The number of nitrogens with one attached hydrogen (secondary N) is 1. The fourth-order valence-electron chi connectivity index (χ4n) is 4.22. The predicted molar refractivity (Wildman–Crippen MR) is 131 cm³/mol. The topological polar surface area (TPSA) is 76.5 Å². The smallest absolute Gasteiger partial charge is 0.333 e. The molecule has 0 atom stereocenters. The van der Waals surface area contributed by atoms with E-state index in [-0.39, 0.29) is 29.8 Å². The highest BCUT2D eigenvalue weighted by molar-refractivity contribution is 9.10. The number of ether oxygens (including phenoxy) is 1. The molecule has 0 aliphatic carbocycles. The third kappa shape index (κ3) is 6.05. The molecule has 0 unspecified atom stereocenters. The van der Waals surface area contributed by atoms with E-state index >= 15 is 0 Å². The van der Waals surface area contributed by atoms with Crippen LogP contribution in [0.5, 0.6) is 5.75 Å². The van der Waals surface area contributed by atoms with Crippen molar-refractivity contribution in [3.8, 4) is 5.75 Å². The summed E-state index contributed by atoms with van der Waals surface area (Å²) in [7, 11) is 1.57. The molecule has 4 rings (SSSR count). The molecule has 10 heteroatoms. The third-order valence-electron chi connectivity index (χ3n) is 6.08. The standard InChI is InChI=1S/C25H25BrF2N4O3/c1-35-22-15-19(26)5-2-18(22)14-23(33)29-20-6-3-16(4-7-20)17-8-11-31(12-9-17)24(34)21-10-13-32(30-21)25(27)28/h2-7,10,13,15,17,25H,8-9,11-12,14H2,1H3,(H,29,33). The Morgan fingerprint density at radius 1 is 1.14 bits per heavy atom. The van der Waals surface area contributed by atoms with Crippen molar-refractivity contribution in [2.75, 3.05) is 25.5 Å². The van der Waals surface area contributed by atoms with Crippen molar-refractivity contribution in [1.29, 1.82) is 0 Å². The number of likely N-dealkylation sites (tertiary alicyclic amines) is 1. The van der Waals surface area contributed by atoms with Gasteiger partial charge in [0, 0.05) is 35.0 Å². The lowest BCUT2D eigenvalue weighted by Gasteiger charge is -2.32. The number of hydrogen-bond acceptors (Lipinski definition) is 4. The molecule has 1 aromatic heterocycles. The summed E-state index contributed by atoms with van der Waals surface area (Å²) in [6.07, 6.45) is 2.83. The summed E-state index contributed by atoms with van der Waals surface area (Å²) in [5.74, 6) is 0.453. The molecular weight excluding hydrogens is 522 g/mol. The van der Waals surface area contributed by atoms with E-state index in [1.54, 1.807) is 12.0 Å². The molecule has 2 aromatic carbocycles. The zero-order valence-corrected chi connectivity index (χ0v) is 20.7. The van der Waals surface area contributed by atoms with Crippen LogP contribution in [-0.2, 0) is 11.2 Å². The van der Waals surface area contributed by atoms with Gasteiger partial charge in [-0.3, -0.25) is 9.59 Å². The Balaban J connectivity index is 1.30. The Morgan fingerprint density at radius 2 is 1.86 bits per heavy atom. The maximum Gasteiger partial charge on any atom is 0.333 e. The molecule has 2 amide bonds. The molecule has 0 spiro atoms. The second-order valence-electron chi connectivity index (χ2n) is 8.33. The van der Waals surface area contributed by atoms with E-state index in [0.717, 1.165) is 34.6 Å². The Hall–Kier alpha value is -3.27. The van der Waals surface area contributed by atoms with E-state index in [4.69, 9.17) is 4.74 Å². The van der Waals surface area contributed by atoms with E-state index < -0.39 is 6.55 Å². The number of aromatic nitrogens is 2. The van der Waals surface area contributed by atoms with Gasteiger partial charge in [0.25, 0.3) is 5.91 Å². The summed E-state index contributed by atoms with van der Waals surface area (Å²) >= 11 is 3.39. The van der Waals surface area contributed by atoms with Crippen LogP contribution in [0.25, 0.3) is 0 Å². The minimum atomic E-state index is -2.77. The summed E-state index contributed by atoms with van der Waals surface area (Å²) < 4.78 is 32.1. The van der Waals surface area contributed by atoms with Crippen LogP contribution in [0.4, 0.5) is 14.5 Å². The van der Waals surface area contributed by atoms with Crippen molar-refractivity contribution < 1.29 is 23.1 Å². The first-order chi connectivity index (χ1) is 16.8. The van der Waals surface area contributed by atoms with Crippen molar-refractivity contribution >= 4 is 33.4 Å². The van der Waals surface area contributed by atoms with Gasteiger partial charge in [0.2, 0.25) is 5.91 Å². The van der Waals surface area contributed by atoms with Gasteiger partial charge in [0.15, 0.2) is 5.69 Å². The molecule has 3 aromatic rings. The number of amides is 2. The molecule has 184 valence electrons. The van der Waals surface area contributed by atoms with E-state index in [1.807, 2.05) is 42.5 Å². The summed E-state index contributed by atoms with van der Waals surface area (Å²) in [6, 6.07) is 14.6. The highest BCUT2D eigenvalue weighted by atomic mass is 79.9. The zero-order chi connectivity index (χ0) is 24.9. The number of methoxy groups -OCH3 is 1. The van der Waals surface area contributed by atoms with Gasteiger partial charge in [0.1, 0.15) is 5.75 Å². The average Bonchev–Trinajstić information content (AvgIpc) is 3.36. The summed E-state index contributed by atoms with van der Waals surface area (Å²) in [6.45, 7) is -1.71. The van der Waals surface area contributed by atoms with Crippen LogP contribution in [0.1, 0.15) is 46.9 Å². The van der Waals surface area contributed by atoms with Gasteiger partial charge in [-0.1, -0.05) is 34.1 Å². The molecule has 1 saturated heterocycles. The molecule has 0 saturated carbocycles. The van der Waals surface area contributed by atoms with Crippen LogP contribution in [0, 0.1) is 0 Å². The quantitative estimate of drug-likeness (QED) is 0.439. The molecule has 0 radical (unpaired) electrons. The Morgan fingerprint density at radius 3 is 2.49 bits per heavy atom. The van der Waals surface area contributed by atoms with Crippen molar-refractivity contribution in [3.63, 3.8) is 0 Å². The molecule has 2 heterocycles. The van der Waals surface area contributed by atoms with Gasteiger partial charge in [0.05, 0.1) is 13.5 Å². The van der Waals surface area contributed by atoms with Gasteiger partial charge in [-0.05, 0) is 54.7 Å². The number of carbonyl (C=O) groups excluding carboxylic acids is 2. The fraction of sp³-hybridized carbons (Fsp3) is 0.320. The number of hydrogen-bond donors (Lipinski definition) is 1. The Bertz CT molecular complexity index is 1190. The third-order valence-corrected chi connectivity index (χ3v) is 6.57. The van der Waals surface area contributed by atoms with Crippen molar-refractivity contribution in [1.82, 2.24) is 14.7 Å². The largest absolute Gasteiger partial charge is 0.496 e. The Labute approximate surface area is 210 Å². The number of rotatable bonds is 7. The van der Waals surface area contributed by atoms with Crippen molar-refractivity contribution in [2.24, 2.45) is 0 Å². The number of nitrogens with zero attached hydrogens (tertiary/aromatic N) is 3. The molecule has 0 bridgehead atoms. The van der Waals surface area contributed by atoms with Crippen LogP contribution in [0.3, 0.4) is 0 Å². The number of alkyl halides is 2. The Kier molecular flexibility index (Phi) is 7.80. The number of carbonyl (C=O) groups is 2. The van der Waals surface area contributed by atoms with Crippen LogP contribution in [0.2, 0.25) is 0 Å². The highest BCUT2D eigenvalue weighted by Gasteiger charge is 2.26. The maximum absolute atomic E-state index is 12.7. The maximum atomic E-state index is 12.7. The molecule has 35 heavy (non-hydrogen) atoms. The van der Waals surface area contributed by atoms with E-state index in [0.29, 0.717) is 29.2 Å². The zero-order valence-electron chi connectivity index (χ0n) is 19.1. The first kappa shape index (κ1) is 24.8. The monoisotopic (exact) mass is 546 g/mol. The SMILES string of the molecule is COc1cc(Br)ccc1CC(=O)Nc1ccc(C2CCN(C(=O)c3ccn(C(F)F)n3)CC2)cc1. The molecule has 1 aliphatic heterocycles. The van der Waals surface area contributed by atoms with E-state index in [1.165, 1.54) is 6.07 Å². The van der Waals surface area contributed by atoms with Crippen LogP contribution in [-0.4, -0.2) is 46.7 Å². The molecular formula is C25H25BrF2N4O3. The molecule has 1 N–H and O–H groups in total. The summed E-state index contributed by atoms with van der Waals surface area (Å²) in [5, 5.41) is 6.58.